The lowest BCUT2D eigenvalue weighted by molar-refractivity contribution is -0.933. The summed E-state index contributed by atoms with van der Waals surface area (Å²) in [5.41, 5.74) is 0.837. The van der Waals surface area contributed by atoms with Crippen LogP contribution in [-0.2, 0) is 9.53 Å². The number of quaternary nitrogens is 1. The summed E-state index contributed by atoms with van der Waals surface area (Å²) in [7, 11) is 0. The van der Waals surface area contributed by atoms with E-state index in [-0.39, 0.29) is 11.8 Å². The largest absolute Gasteiger partial charge is 0.378 e. The standard InChI is InChI=1S/C30H35N3O3/c34-29(32-16-18-36-19-17-32)24-8-5-13-33(21-24)25-11-14-31(15-12-25)30(35)28-26-9-3-1-6-22(26)20-23-7-2-4-10-27(23)28/h1-4,6-7,9-10,20,24-25H,5,8,11-19,21H2/p+1/t24-/m1/s1. The monoisotopic (exact) mass is 486 g/mol. The molecule has 3 heterocycles. The number of nitrogens with one attached hydrogen (secondary N) is 1. The number of carbonyl (C=O) groups is 2. The predicted molar refractivity (Wildman–Crippen MR) is 141 cm³/mol. The summed E-state index contributed by atoms with van der Waals surface area (Å²) in [6.45, 7) is 6.42. The van der Waals surface area contributed by atoms with Gasteiger partial charge in [-0.2, -0.15) is 0 Å². The van der Waals surface area contributed by atoms with Crippen molar-refractivity contribution in [3.63, 3.8) is 0 Å². The third kappa shape index (κ3) is 4.48. The van der Waals surface area contributed by atoms with Gasteiger partial charge in [-0.25, -0.2) is 0 Å². The Morgan fingerprint density at radius 1 is 0.806 bits per heavy atom. The molecule has 6 nitrogen and oxygen atoms in total. The van der Waals surface area contributed by atoms with Gasteiger partial charge in [0.2, 0.25) is 5.91 Å². The predicted octanol–water partition coefficient (Wildman–Crippen LogP) is 2.75. The van der Waals surface area contributed by atoms with E-state index in [0.29, 0.717) is 25.2 Å². The number of hydrogen-bond acceptors (Lipinski definition) is 3. The zero-order valence-electron chi connectivity index (χ0n) is 21.0. The van der Waals surface area contributed by atoms with Crippen LogP contribution in [0.4, 0.5) is 0 Å². The summed E-state index contributed by atoms with van der Waals surface area (Å²) in [4.78, 5) is 32.6. The molecule has 36 heavy (non-hydrogen) atoms. The third-order valence-corrected chi connectivity index (χ3v) is 8.58. The van der Waals surface area contributed by atoms with E-state index in [9.17, 15) is 9.59 Å². The SMILES string of the molecule is O=C(c1c2ccccc2cc2ccccc12)N1CCC([NH+]2CCC[C@@H](C(=O)N3CCOCC3)C2)CC1. The fraction of sp³-hybridized carbons (Fsp3) is 0.467. The summed E-state index contributed by atoms with van der Waals surface area (Å²) in [5, 5.41) is 4.30. The van der Waals surface area contributed by atoms with Gasteiger partial charge < -0.3 is 19.4 Å². The molecule has 0 aromatic heterocycles. The molecular formula is C30H36N3O3+. The number of morpholine rings is 1. The molecule has 6 rings (SSSR count). The molecule has 0 radical (unpaired) electrons. The second-order valence-corrected chi connectivity index (χ2v) is 10.6. The second-order valence-electron chi connectivity index (χ2n) is 10.6. The van der Waals surface area contributed by atoms with E-state index in [4.69, 9.17) is 4.74 Å². The first-order chi connectivity index (χ1) is 17.7. The molecule has 0 saturated carbocycles. The first-order valence-corrected chi connectivity index (χ1v) is 13.6. The van der Waals surface area contributed by atoms with Crippen molar-refractivity contribution in [2.75, 3.05) is 52.5 Å². The van der Waals surface area contributed by atoms with Gasteiger partial charge in [-0.3, -0.25) is 9.59 Å². The topological polar surface area (TPSA) is 54.3 Å². The maximum absolute atomic E-state index is 13.9. The molecule has 3 aliphatic rings. The molecule has 6 heteroatoms. The maximum Gasteiger partial charge on any atom is 0.255 e. The Morgan fingerprint density at radius 2 is 1.44 bits per heavy atom. The van der Waals surface area contributed by atoms with Crippen LogP contribution in [0.2, 0.25) is 0 Å². The van der Waals surface area contributed by atoms with E-state index in [1.165, 1.54) is 0 Å². The Morgan fingerprint density at radius 3 is 2.11 bits per heavy atom. The third-order valence-electron chi connectivity index (χ3n) is 8.58. The molecule has 1 unspecified atom stereocenters. The van der Waals surface area contributed by atoms with E-state index < -0.39 is 0 Å². The summed E-state index contributed by atoms with van der Waals surface area (Å²) in [6.07, 6.45) is 4.12. The second kappa shape index (κ2) is 10.2. The average Bonchev–Trinajstić information content (AvgIpc) is 2.96. The van der Waals surface area contributed by atoms with Gasteiger partial charge in [0, 0.05) is 39.0 Å². The number of piperidine rings is 2. The smallest absolute Gasteiger partial charge is 0.255 e. The van der Waals surface area contributed by atoms with Crippen molar-refractivity contribution in [3.05, 3.63) is 60.2 Å². The highest BCUT2D eigenvalue weighted by Crippen LogP contribution is 2.30. The lowest BCUT2D eigenvalue weighted by Crippen LogP contribution is -3.17. The summed E-state index contributed by atoms with van der Waals surface area (Å²) in [5.74, 6) is 0.606. The van der Waals surface area contributed by atoms with Crippen LogP contribution in [-0.4, -0.2) is 80.1 Å². The number of likely N-dealkylation sites (tertiary alicyclic amines) is 2. The van der Waals surface area contributed by atoms with Gasteiger partial charge in [0.25, 0.3) is 5.91 Å². The molecule has 188 valence electrons. The molecule has 3 aliphatic heterocycles. The van der Waals surface area contributed by atoms with Crippen LogP contribution in [0.3, 0.4) is 0 Å². The van der Waals surface area contributed by atoms with Crippen LogP contribution in [0.15, 0.2) is 54.6 Å². The molecule has 1 N–H and O–H groups in total. The van der Waals surface area contributed by atoms with Gasteiger partial charge in [0.05, 0.1) is 43.8 Å². The first-order valence-electron chi connectivity index (χ1n) is 13.6. The van der Waals surface area contributed by atoms with Gasteiger partial charge in [-0.05, 0) is 40.5 Å². The molecule has 0 aliphatic carbocycles. The van der Waals surface area contributed by atoms with Crippen molar-refractivity contribution in [1.29, 1.82) is 0 Å². The average molecular weight is 487 g/mol. The molecule has 3 aromatic rings. The van der Waals surface area contributed by atoms with Crippen molar-refractivity contribution in [2.45, 2.75) is 31.7 Å². The summed E-state index contributed by atoms with van der Waals surface area (Å²) in [6, 6.07) is 19.2. The number of amides is 2. The van der Waals surface area contributed by atoms with Crippen molar-refractivity contribution < 1.29 is 19.2 Å². The van der Waals surface area contributed by atoms with Gasteiger partial charge in [0.1, 0.15) is 0 Å². The summed E-state index contributed by atoms with van der Waals surface area (Å²) >= 11 is 0. The quantitative estimate of drug-likeness (QED) is 0.580. The van der Waals surface area contributed by atoms with Crippen LogP contribution in [0.1, 0.15) is 36.0 Å². The van der Waals surface area contributed by atoms with E-state index in [1.807, 2.05) is 29.2 Å². The van der Waals surface area contributed by atoms with Gasteiger partial charge >= 0.3 is 0 Å². The van der Waals surface area contributed by atoms with Gasteiger partial charge in [-0.1, -0.05) is 48.5 Å². The molecule has 3 fully saturated rings. The minimum atomic E-state index is 0.133. The van der Waals surface area contributed by atoms with Crippen LogP contribution < -0.4 is 4.90 Å². The Balaban J connectivity index is 1.15. The van der Waals surface area contributed by atoms with Gasteiger partial charge in [0.15, 0.2) is 0 Å². The number of fused-ring (bicyclic) bond motifs is 2. The Hall–Kier alpha value is -2.96. The van der Waals surface area contributed by atoms with E-state index >= 15 is 0 Å². The zero-order valence-corrected chi connectivity index (χ0v) is 21.0. The number of carbonyl (C=O) groups excluding carboxylic acids is 2. The fourth-order valence-corrected chi connectivity index (χ4v) is 6.61. The van der Waals surface area contributed by atoms with Crippen molar-refractivity contribution in [3.8, 4) is 0 Å². The molecule has 3 saturated heterocycles. The highest BCUT2D eigenvalue weighted by Gasteiger charge is 2.37. The van der Waals surface area contributed by atoms with Crippen LogP contribution in [0.25, 0.3) is 21.5 Å². The lowest BCUT2D eigenvalue weighted by Gasteiger charge is -2.40. The fourth-order valence-electron chi connectivity index (χ4n) is 6.61. The Kier molecular flexibility index (Phi) is 6.63. The molecule has 2 atom stereocenters. The minimum Gasteiger partial charge on any atom is -0.378 e. The molecule has 2 amide bonds. The number of hydrogen-bond donors (Lipinski definition) is 1. The zero-order chi connectivity index (χ0) is 24.5. The van der Waals surface area contributed by atoms with Gasteiger partial charge in [-0.15, -0.1) is 0 Å². The van der Waals surface area contributed by atoms with Crippen LogP contribution in [0, 0.1) is 5.92 Å². The molecule has 0 spiro atoms. The Labute approximate surface area is 212 Å². The van der Waals surface area contributed by atoms with Crippen LogP contribution in [0.5, 0.6) is 0 Å². The summed E-state index contributed by atoms with van der Waals surface area (Å²) < 4.78 is 5.43. The normalized spacial score (nSPS) is 23.8. The maximum atomic E-state index is 13.9. The molecule has 3 aromatic carbocycles. The van der Waals surface area contributed by atoms with E-state index in [1.54, 1.807) is 4.90 Å². The lowest BCUT2D eigenvalue weighted by atomic mass is 9.92. The molecular weight excluding hydrogens is 450 g/mol. The minimum absolute atomic E-state index is 0.133. The molecule has 0 bridgehead atoms. The first kappa shape index (κ1) is 23.4. The number of ether oxygens (including phenoxy) is 1. The van der Waals surface area contributed by atoms with Crippen molar-refractivity contribution >= 4 is 33.4 Å². The number of rotatable bonds is 3. The highest BCUT2D eigenvalue weighted by molar-refractivity contribution is 6.18. The Bertz CT molecular complexity index is 1210. The van der Waals surface area contributed by atoms with E-state index in [0.717, 1.165) is 92.1 Å². The van der Waals surface area contributed by atoms with Crippen molar-refractivity contribution in [1.82, 2.24) is 9.80 Å². The van der Waals surface area contributed by atoms with Crippen LogP contribution >= 0.6 is 0 Å². The number of nitrogens with zero attached hydrogens (tertiary/aromatic N) is 2. The highest BCUT2D eigenvalue weighted by atomic mass is 16.5. The van der Waals surface area contributed by atoms with Crippen molar-refractivity contribution in [2.24, 2.45) is 5.92 Å². The van der Waals surface area contributed by atoms with E-state index in [2.05, 4.69) is 35.2 Å². The number of benzene rings is 3.